The molecule has 0 aliphatic rings. The van der Waals surface area contributed by atoms with Crippen molar-refractivity contribution in [2.45, 2.75) is 39.2 Å². The van der Waals surface area contributed by atoms with Crippen LogP contribution in [0.2, 0.25) is 0 Å². The second-order valence-corrected chi connectivity index (χ2v) is 5.34. The predicted molar refractivity (Wildman–Crippen MR) is 82.7 cm³/mol. The van der Waals surface area contributed by atoms with Crippen molar-refractivity contribution < 1.29 is 0 Å². The molecule has 0 fully saturated rings. The molecule has 3 heteroatoms. The van der Waals surface area contributed by atoms with Crippen LogP contribution in [0.15, 0.2) is 42.9 Å². The number of hydrogen-bond donors (Lipinski definition) is 1. The van der Waals surface area contributed by atoms with Crippen molar-refractivity contribution in [2.75, 3.05) is 6.54 Å². The van der Waals surface area contributed by atoms with Crippen molar-refractivity contribution in [1.82, 2.24) is 15.3 Å². The number of nitrogens with one attached hydrogen (secondary N) is 1. The van der Waals surface area contributed by atoms with Crippen molar-refractivity contribution in [3.05, 3.63) is 59.7 Å². The largest absolute Gasteiger partial charge is 0.309 e. The third-order valence-electron chi connectivity index (χ3n) is 3.48. The Bertz CT molecular complexity index is 506. The quantitative estimate of drug-likeness (QED) is 0.872. The maximum absolute atomic E-state index is 4.41. The molecule has 1 N–H and O–H groups in total. The van der Waals surface area contributed by atoms with E-state index in [4.69, 9.17) is 0 Å². The van der Waals surface area contributed by atoms with Gasteiger partial charge in [0.25, 0.3) is 0 Å². The lowest BCUT2D eigenvalue weighted by molar-refractivity contribution is 0.534. The predicted octanol–water partition coefficient (Wildman–Crippen LogP) is 3.49. The van der Waals surface area contributed by atoms with E-state index in [0.29, 0.717) is 5.92 Å². The highest BCUT2D eigenvalue weighted by molar-refractivity contribution is 5.26. The molecule has 1 aromatic carbocycles. The zero-order valence-electron chi connectivity index (χ0n) is 12.5. The van der Waals surface area contributed by atoms with Gasteiger partial charge in [0.05, 0.1) is 11.7 Å². The van der Waals surface area contributed by atoms with Gasteiger partial charge in [-0.05, 0) is 30.0 Å². The van der Waals surface area contributed by atoms with Gasteiger partial charge in [-0.1, -0.05) is 45.0 Å². The highest BCUT2D eigenvalue weighted by Gasteiger charge is 2.12. The van der Waals surface area contributed by atoms with Gasteiger partial charge in [0.2, 0.25) is 0 Å². The molecule has 1 atom stereocenters. The smallest absolute Gasteiger partial charge is 0.0759 e. The molecule has 106 valence electrons. The van der Waals surface area contributed by atoms with Crippen molar-refractivity contribution in [3.8, 4) is 0 Å². The molecule has 1 unspecified atom stereocenters. The summed E-state index contributed by atoms with van der Waals surface area (Å²) in [6.07, 6.45) is 6.24. The summed E-state index contributed by atoms with van der Waals surface area (Å²) in [5.74, 6) is 0.577. The first-order valence-corrected chi connectivity index (χ1v) is 7.28. The van der Waals surface area contributed by atoms with Gasteiger partial charge < -0.3 is 5.32 Å². The normalized spacial score (nSPS) is 12.6. The molecular formula is C17H23N3. The first-order chi connectivity index (χ1) is 9.70. The summed E-state index contributed by atoms with van der Waals surface area (Å²) in [6.45, 7) is 7.47. The molecule has 0 saturated carbocycles. The first-order valence-electron chi connectivity index (χ1n) is 7.28. The molecule has 0 saturated heterocycles. The Morgan fingerprint density at radius 1 is 1.10 bits per heavy atom. The fourth-order valence-electron chi connectivity index (χ4n) is 2.29. The Kier molecular flexibility index (Phi) is 5.24. The van der Waals surface area contributed by atoms with Crippen LogP contribution in [0.1, 0.15) is 49.6 Å². The highest BCUT2D eigenvalue weighted by atomic mass is 14.9. The molecule has 0 bridgehead atoms. The van der Waals surface area contributed by atoms with E-state index >= 15 is 0 Å². The second kappa shape index (κ2) is 7.15. The average Bonchev–Trinajstić information content (AvgIpc) is 2.48. The van der Waals surface area contributed by atoms with Crippen LogP contribution in [0.25, 0.3) is 0 Å². The first kappa shape index (κ1) is 14.7. The Morgan fingerprint density at radius 2 is 1.85 bits per heavy atom. The Morgan fingerprint density at radius 3 is 2.40 bits per heavy atom. The zero-order valence-corrected chi connectivity index (χ0v) is 12.5. The molecule has 0 amide bonds. The van der Waals surface area contributed by atoms with Gasteiger partial charge in [0, 0.05) is 18.6 Å². The van der Waals surface area contributed by atoms with Crippen LogP contribution in [0.4, 0.5) is 0 Å². The number of benzene rings is 1. The third-order valence-corrected chi connectivity index (χ3v) is 3.48. The van der Waals surface area contributed by atoms with Crippen molar-refractivity contribution >= 4 is 0 Å². The monoisotopic (exact) mass is 269 g/mol. The van der Waals surface area contributed by atoms with Crippen LogP contribution in [0.5, 0.6) is 0 Å². The second-order valence-electron chi connectivity index (χ2n) is 5.34. The van der Waals surface area contributed by atoms with Gasteiger partial charge in [-0.3, -0.25) is 9.97 Å². The summed E-state index contributed by atoms with van der Waals surface area (Å²) >= 11 is 0. The molecule has 0 aliphatic carbocycles. The lowest BCUT2D eigenvalue weighted by Crippen LogP contribution is -2.24. The standard InChI is InChI=1S/C17H23N3/c1-4-19-16(17-12-18-9-10-20-17)11-14-5-7-15(8-6-14)13(2)3/h5-10,12-13,16,19H,4,11H2,1-3H3. The topological polar surface area (TPSA) is 37.8 Å². The molecule has 0 radical (unpaired) electrons. The lowest BCUT2D eigenvalue weighted by atomic mass is 9.98. The van der Waals surface area contributed by atoms with Gasteiger partial charge in [-0.25, -0.2) is 0 Å². The number of rotatable bonds is 6. The van der Waals surface area contributed by atoms with E-state index in [9.17, 15) is 0 Å². The SMILES string of the molecule is CCNC(Cc1ccc(C(C)C)cc1)c1cnccn1. The van der Waals surface area contributed by atoms with Gasteiger partial charge in [0.1, 0.15) is 0 Å². The van der Waals surface area contributed by atoms with E-state index in [0.717, 1.165) is 18.7 Å². The molecule has 2 aromatic rings. The van der Waals surface area contributed by atoms with Crippen LogP contribution >= 0.6 is 0 Å². The molecule has 1 heterocycles. The van der Waals surface area contributed by atoms with E-state index in [-0.39, 0.29) is 6.04 Å². The summed E-state index contributed by atoms with van der Waals surface area (Å²) in [5.41, 5.74) is 3.71. The van der Waals surface area contributed by atoms with Crippen LogP contribution in [-0.4, -0.2) is 16.5 Å². The molecule has 1 aromatic heterocycles. The fraction of sp³-hybridized carbons (Fsp3) is 0.412. The van der Waals surface area contributed by atoms with Crippen LogP contribution in [-0.2, 0) is 6.42 Å². The molecule has 0 aliphatic heterocycles. The summed E-state index contributed by atoms with van der Waals surface area (Å²) in [4.78, 5) is 8.58. The lowest BCUT2D eigenvalue weighted by Gasteiger charge is -2.17. The van der Waals surface area contributed by atoms with E-state index in [1.165, 1.54) is 11.1 Å². The minimum atomic E-state index is 0.221. The molecule has 0 spiro atoms. The van der Waals surface area contributed by atoms with Crippen molar-refractivity contribution in [1.29, 1.82) is 0 Å². The van der Waals surface area contributed by atoms with Gasteiger partial charge in [-0.2, -0.15) is 0 Å². The minimum absolute atomic E-state index is 0.221. The Hall–Kier alpha value is -1.74. The molecule has 3 nitrogen and oxygen atoms in total. The molecule has 20 heavy (non-hydrogen) atoms. The Labute approximate surface area is 121 Å². The zero-order chi connectivity index (χ0) is 14.4. The highest BCUT2D eigenvalue weighted by Crippen LogP contribution is 2.19. The van der Waals surface area contributed by atoms with Gasteiger partial charge >= 0.3 is 0 Å². The van der Waals surface area contributed by atoms with Crippen molar-refractivity contribution in [3.63, 3.8) is 0 Å². The van der Waals surface area contributed by atoms with E-state index in [1.807, 2.05) is 6.20 Å². The summed E-state index contributed by atoms with van der Waals surface area (Å²) in [5, 5.41) is 3.48. The number of aromatic nitrogens is 2. The summed E-state index contributed by atoms with van der Waals surface area (Å²) in [7, 11) is 0. The number of hydrogen-bond acceptors (Lipinski definition) is 3. The molecular weight excluding hydrogens is 246 g/mol. The fourth-order valence-corrected chi connectivity index (χ4v) is 2.29. The number of likely N-dealkylation sites (N-methyl/N-ethyl adjacent to an activating group) is 1. The minimum Gasteiger partial charge on any atom is -0.309 e. The maximum Gasteiger partial charge on any atom is 0.0759 e. The Balaban J connectivity index is 2.12. The van der Waals surface area contributed by atoms with Crippen molar-refractivity contribution in [2.24, 2.45) is 0 Å². The average molecular weight is 269 g/mol. The van der Waals surface area contributed by atoms with Gasteiger partial charge in [-0.15, -0.1) is 0 Å². The third kappa shape index (κ3) is 3.87. The van der Waals surface area contributed by atoms with Crippen LogP contribution < -0.4 is 5.32 Å². The van der Waals surface area contributed by atoms with Crippen LogP contribution in [0, 0.1) is 0 Å². The summed E-state index contributed by atoms with van der Waals surface area (Å²) < 4.78 is 0. The van der Waals surface area contributed by atoms with Crippen LogP contribution in [0.3, 0.4) is 0 Å². The summed E-state index contributed by atoms with van der Waals surface area (Å²) in [6, 6.07) is 9.10. The van der Waals surface area contributed by atoms with E-state index in [2.05, 4.69) is 60.3 Å². The van der Waals surface area contributed by atoms with E-state index < -0.39 is 0 Å². The van der Waals surface area contributed by atoms with Gasteiger partial charge in [0.15, 0.2) is 0 Å². The molecule has 2 rings (SSSR count). The number of nitrogens with zero attached hydrogens (tertiary/aromatic N) is 2. The maximum atomic E-state index is 4.41. The van der Waals surface area contributed by atoms with E-state index in [1.54, 1.807) is 12.4 Å².